The second-order valence-corrected chi connectivity index (χ2v) is 9.20. The molecule has 1 aromatic heterocycles. The van der Waals surface area contributed by atoms with Gasteiger partial charge in [-0.15, -0.1) is 0 Å². The van der Waals surface area contributed by atoms with E-state index in [9.17, 15) is 13.6 Å². The third-order valence-corrected chi connectivity index (χ3v) is 4.94. The zero-order valence-corrected chi connectivity index (χ0v) is 19.2. The number of nitrogens with two attached hydrogens (primary N) is 1. The van der Waals surface area contributed by atoms with Crippen LogP contribution >= 0.6 is 0 Å². The van der Waals surface area contributed by atoms with Crippen LogP contribution in [0.3, 0.4) is 0 Å². The van der Waals surface area contributed by atoms with Gasteiger partial charge in [-0.2, -0.15) is 8.78 Å². The molecule has 1 unspecified atom stereocenters. The number of alkyl halides is 2. The molecule has 1 saturated carbocycles. The second kappa shape index (κ2) is 10.6. The fraction of sp³-hybridized carbons (Fsp3) is 0.545. The molecule has 1 heterocycles. The zero-order chi connectivity index (χ0) is 24.9. The van der Waals surface area contributed by atoms with Crippen LogP contribution in [0.1, 0.15) is 57.6 Å². The number of ether oxygens (including phenoxy) is 3. The first-order valence-corrected chi connectivity index (χ1v) is 10.7. The first kappa shape index (κ1) is 25.1. The number of hydrogen-bond donors (Lipinski definition) is 1. The molecule has 12 heteroatoms. The standard InChI is InChI=1S/C22H27F2N5O5/c1-22(2,3)9-17(33-21(25)30)18-14(10-27-29-26)28-19(34-18)13-6-7-15(32-20(23)24)16(8-13)31-11-12-4-5-12/h6-8,12,17,20H,4-5,9-11H2,1-3H3,(H2,25,30). The number of hydrogen-bond acceptors (Lipinski definition) is 7. The second-order valence-electron chi connectivity index (χ2n) is 9.20. The predicted molar refractivity (Wildman–Crippen MR) is 117 cm³/mol. The average Bonchev–Trinajstić information content (AvgIpc) is 3.46. The summed E-state index contributed by atoms with van der Waals surface area (Å²) < 4.78 is 47.2. The quantitative estimate of drug-likeness (QED) is 0.233. The Morgan fingerprint density at radius 2 is 2.09 bits per heavy atom. The van der Waals surface area contributed by atoms with E-state index >= 15 is 0 Å². The van der Waals surface area contributed by atoms with Crippen LogP contribution < -0.4 is 15.2 Å². The Labute approximate surface area is 195 Å². The summed E-state index contributed by atoms with van der Waals surface area (Å²) in [6, 6.07) is 4.32. The summed E-state index contributed by atoms with van der Waals surface area (Å²) in [7, 11) is 0. The highest BCUT2D eigenvalue weighted by Crippen LogP contribution is 2.39. The molecule has 1 aliphatic rings. The number of nitrogens with zero attached hydrogens (tertiary/aromatic N) is 4. The van der Waals surface area contributed by atoms with Crippen molar-refractivity contribution < 1.29 is 32.2 Å². The smallest absolute Gasteiger partial charge is 0.405 e. The monoisotopic (exact) mass is 479 g/mol. The Morgan fingerprint density at radius 1 is 1.35 bits per heavy atom. The van der Waals surface area contributed by atoms with Gasteiger partial charge in [0.25, 0.3) is 0 Å². The number of rotatable bonds is 11. The molecule has 0 radical (unpaired) electrons. The van der Waals surface area contributed by atoms with Gasteiger partial charge in [0.1, 0.15) is 0 Å². The fourth-order valence-corrected chi connectivity index (χ4v) is 3.27. The van der Waals surface area contributed by atoms with Crippen molar-refractivity contribution in [3.05, 3.63) is 40.1 Å². The van der Waals surface area contributed by atoms with Gasteiger partial charge in [-0.05, 0) is 54.3 Å². The Balaban J connectivity index is 2.00. The minimum absolute atomic E-state index is 0.102. The van der Waals surface area contributed by atoms with Crippen molar-refractivity contribution in [2.75, 3.05) is 6.61 Å². The summed E-state index contributed by atoms with van der Waals surface area (Å²) in [6.45, 7) is 3.04. The van der Waals surface area contributed by atoms with Crippen LogP contribution in [0, 0.1) is 11.3 Å². The Kier molecular flexibility index (Phi) is 7.83. The van der Waals surface area contributed by atoms with Crippen molar-refractivity contribution in [2.45, 2.75) is 59.3 Å². The average molecular weight is 479 g/mol. The number of amides is 1. The number of primary amides is 1. The maximum absolute atomic E-state index is 12.8. The molecule has 0 aliphatic heterocycles. The minimum Gasteiger partial charge on any atom is -0.489 e. The number of oxazole rings is 1. The first-order valence-electron chi connectivity index (χ1n) is 10.7. The lowest BCUT2D eigenvalue weighted by molar-refractivity contribution is -0.0515. The van der Waals surface area contributed by atoms with Crippen molar-refractivity contribution in [3.63, 3.8) is 0 Å². The van der Waals surface area contributed by atoms with Gasteiger partial charge < -0.3 is 24.4 Å². The van der Waals surface area contributed by atoms with Crippen LogP contribution in [0.15, 0.2) is 27.7 Å². The summed E-state index contributed by atoms with van der Waals surface area (Å²) in [6.07, 6.45) is 0.517. The number of benzene rings is 1. The molecule has 10 nitrogen and oxygen atoms in total. The topological polar surface area (TPSA) is 146 Å². The van der Waals surface area contributed by atoms with Gasteiger partial charge in [0, 0.05) is 10.5 Å². The van der Waals surface area contributed by atoms with Gasteiger partial charge in [0.2, 0.25) is 5.89 Å². The third-order valence-electron chi connectivity index (χ3n) is 4.94. The van der Waals surface area contributed by atoms with E-state index in [1.54, 1.807) is 0 Å². The van der Waals surface area contributed by atoms with E-state index in [-0.39, 0.29) is 40.8 Å². The van der Waals surface area contributed by atoms with Crippen LogP contribution in [0.5, 0.6) is 11.5 Å². The lowest BCUT2D eigenvalue weighted by Gasteiger charge is -2.24. The Morgan fingerprint density at radius 3 is 2.68 bits per heavy atom. The molecule has 1 amide bonds. The highest BCUT2D eigenvalue weighted by molar-refractivity contribution is 5.65. The number of carbonyl (C=O) groups is 1. The summed E-state index contributed by atoms with van der Waals surface area (Å²) >= 11 is 0. The van der Waals surface area contributed by atoms with Gasteiger partial charge in [-0.3, -0.25) is 0 Å². The number of azide groups is 1. The van der Waals surface area contributed by atoms with E-state index in [4.69, 9.17) is 25.2 Å². The Hall–Kier alpha value is -3.53. The van der Waals surface area contributed by atoms with E-state index in [1.807, 2.05) is 20.8 Å². The molecule has 2 aromatic rings. The zero-order valence-electron chi connectivity index (χ0n) is 19.2. The first-order chi connectivity index (χ1) is 16.1. The van der Waals surface area contributed by atoms with Crippen molar-refractivity contribution in [1.29, 1.82) is 0 Å². The molecule has 1 atom stereocenters. The van der Waals surface area contributed by atoms with Crippen molar-refractivity contribution in [1.82, 2.24) is 4.98 Å². The van der Waals surface area contributed by atoms with Crippen LogP contribution in [-0.4, -0.2) is 24.3 Å². The summed E-state index contributed by atoms with van der Waals surface area (Å²) in [5.74, 6) is 0.689. The predicted octanol–water partition coefficient (Wildman–Crippen LogP) is 6.11. The highest BCUT2D eigenvalue weighted by atomic mass is 19.3. The lowest BCUT2D eigenvalue weighted by atomic mass is 9.88. The summed E-state index contributed by atoms with van der Waals surface area (Å²) in [5.41, 5.74) is 14.4. The Bertz CT molecular complexity index is 1060. The minimum atomic E-state index is -3.01. The molecule has 1 fully saturated rings. The summed E-state index contributed by atoms with van der Waals surface area (Å²) in [5, 5.41) is 3.55. The van der Waals surface area contributed by atoms with Crippen molar-refractivity contribution >= 4 is 6.09 Å². The molecule has 3 rings (SSSR count). The number of carbonyl (C=O) groups excluding carboxylic acids is 1. The lowest BCUT2D eigenvalue weighted by Crippen LogP contribution is -2.22. The molecule has 34 heavy (non-hydrogen) atoms. The number of aromatic nitrogens is 1. The van der Waals surface area contributed by atoms with Gasteiger partial charge in [0.05, 0.1) is 18.8 Å². The van der Waals surface area contributed by atoms with Crippen molar-refractivity contribution in [2.24, 2.45) is 22.2 Å². The van der Waals surface area contributed by atoms with Gasteiger partial charge in [-0.1, -0.05) is 25.9 Å². The molecule has 0 bridgehead atoms. The molecular weight excluding hydrogens is 452 g/mol. The molecule has 0 spiro atoms. The maximum Gasteiger partial charge on any atom is 0.405 e. The molecule has 2 N–H and O–H groups in total. The molecule has 184 valence electrons. The van der Waals surface area contributed by atoms with Crippen molar-refractivity contribution in [3.8, 4) is 23.0 Å². The van der Waals surface area contributed by atoms with E-state index in [0.29, 0.717) is 24.5 Å². The van der Waals surface area contributed by atoms with E-state index in [2.05, 4.69) is 19.7 Å². The van der Waals surface area contributed by atoms with Crippen LogP contribution in [-0.2, 0) is 11.3 Å². The number of halogens is 2. The molecular formula is C22H27F2N5O5. The van der Waals surface area contributed by atoms with E-state index < -0.39 is 18.8 Å². The molecule has 1 aromatic carbocycles. The third kappa shape index (κ3) is 7.24. The SMILES string of the molecule is CC(C)(C)CC(OC(N)=O)c1oc(-c2ccc(OC(F)F)c(OCC3CC3)c2)nc1CN=[N+]=[N-]. The molecule has 1 aliphatic carbocycles. The van der Waals surface area contributed by atoms with Crippen LogP contribution in [0.25, 0.3) is 21.9 Å². The summed E-state index contributed by atoms with van der Waals surface area (Å²) in [4.78, 5) is 18.7. The maximum atomic E-state index is 12.8. The normalized spacial score (nSPS) is 14.4. The van der Waals surface area contributed by atoms with Gasteiger partial charge >= 0.3 is 12.7 Å². The largest absolute Gasteiger partial charge is 0.489 e. The van der Waals surface area contributed by atoms with E-state index in [0.717, 1.165) is 12.8 Å². The molecule has 0 saturated heterocycles. The fourth-order valence-electron chi connectivity index (χ4n) is 3.27. The van der Waals surface area contributed by atoms with Crippen LogP contribution in [0.4, 0.5) is 13.6 Å². The highest BCUT2D eigenvalue weighted by Gasteiger charge is 2.30. The van der Waals surface area contributed by atoms with E-state index in [1.165, 1.54) is 18.2 Å². The van der Waals surface area contributed by atoms with Gasteiger partial charge in [-0.25, -0.2) is 9.78 Å². The van der Waals surface area contributed by atoms with Gasteiger partial charge in [0.15, 0.2) is 23.4 Å². The van der Waals surface area contributed by atoms with Crippen LogP contribution in [0.2, 0.25) is 0 Å².